The molecule has 0 atom stereocenters. The van der Waals surface area contributed by atoms with E-state index in [1.54, 1.807) is 47.4 Å². The van der Waals surface area contributed by atoms with Crippen LogP contribution in [0.4, 0.5) is 11.4 Å². The fourth-order valence-corrected chi connectivity index (χ4v) is 5.24. The van der Waals surface area contributed by atoms with Crippen LogP contribution in [0.1, 0.15) is 42.1 Å². The number of benzene rings is 3. The van der Waals surface area contributed by atoms with Gasteiger partial charge in [0.05, 0.1) is 16.3 Å². The van der Waals surface area contributed by atoms with E-state index in [-0.39, 0.29) is 28.9 Å². The van der Waals surface area contributed by atoms with Crippen molar-refractivity contribution in [2.75, 3.05) is 22.5 Å². The lowest BCUT2D eigenvalue weighted by molar-refractivity contribution is -0.115. The first kappa shape index (κ1) is 22.0. The van der Waals surface area contributed by atoms with Gasteiger partial charge in [0.2, 0.25) is 5.91 Å². The fourth-order valence-electron chi connectivity index (χ4n) is 4.00. The van der Waals surface area contributed by atoms with Gasteiger partial charge in [-0.25, -0.2) is 8.42 Å². The highest BCUT2D eigenvalue weighted by Gasteiger charge is 2.30. The van der Waals surface area contributed by atoms with Crippen LogP contribution in [0.25, 0.3) is 10.8 Å². The van der Waals surface area contributed by atoms with Gasteiger partial charge in [-0.1, -0.05) is 43.2 Å². The van der Waals surface area contributed by atoms with Crippen molar-refractivity contribution in [3.05, 3.63) is 65.7 Å². The molecule has 0 saturated heterocycles. The number of carbonyl (C=O) groups is 2. The molecular weight excluding hydrogens is 424 g/mol. The number of hydrogen-bond acceptors (Lipinski definition) is 4. The molecule has 1 aliphatic rings. The van der Waals surface area contributed by atoms with Crippen LogP contribution in [-0.4, -0.2) is 32.5 Å². The van der Waals surface area contributed by atoms with Gasteiger partial charge in [0.15, 0.2) is 9.84 Å². The predicted molar refractivity (Wildman–Crippen MR) is 127 cm³/mol. The number of aryl methyl sites for hydroxylation is 1. The Morgan fingerprint density at radius 2 is 1.78 bits per heavy atom. The maximum Gasteiger partial charge on any atom is 0.258 e. The summed E-state index contributed by atoms with van der Waals surface area (Å²) in [5.74, 6) is -0.674. The molecule has 4 rings (SSSR count). The van der Waals surface area contributed by atoms with Crippen molar-refractivity contribution in [3.8, 4) is 0 Å². The van der Waals surface area contributed by atoms with E-state index >= 15 is 0 Å². The van der Waals surface area contributed by atoms with Crippen molar-refractivity contribution in [1.82, 2.24) is 0 Å². The molecule has 0 fully saturated rings. The summed E-state index contributed by atoms with van der Waals surface area (Å²) in [5, 5.41) is 4.45. The number of sulfone groups is 1. The topological polar surface area (TPSA) is 83.6 Å². The summed E-state index contributed by atoms with van der Waals surface area (Å²) in [6.45, 7) is 4.63. The number of carbonyl (C=O) groups excluding carboxylic acids is 2. The van der Waals surface area contributed by atoms with Crippen LogP contribution in [0.3, 0.4) is 0 Å². The molecule has 7 heteroatoms. The van der Waals surface area contributed by atoms with Crippen LogP contribution in [0.5, 0.6) is 0 Å². The smallest absolute Gasteiger partial charge is 0.258 e. The summed E-state index contributed by atoms with van der Waals surface area (Å²) in [6.07, 6.45) is 1.75. The minimum atomic E-state index is -3.55. The van der Waals surface area contributed by atoms with Crippen molar-refractivity contribution in [2.45, 2.75) is 38.0 Å². The zero-order valence-electron chi connectivity index (χ0n) is 18.2. The maximum absolute atomic E-state index is 12.9. The van der Waals surface area contributed by atoms with Crippen molar-refractivity contribution in [2.24, 2.45) is 0 Å². The Kier molecular flexibility index (Phi) is 6.02. The quantitative estimate of drug-likeness (QED) is 0.539. The average Bonchev–Trinajstić information content (AvgIpc) is 3.05. The second-order valence-corrected chi connectivity index (χ2v) is 10.2. The fraction of sp³-hybridized carbons (Fsp3) is 0.280. The molecule has 1 heterocycles. The molecule has 6 nitrogen and oxygen atoms in total. The van der Waals surface area contributed by atoms with Crippen molar-refractivity contribution >= 4 is 43.8 Å². The number of amides is 2. The van der Waals surface area contributed by atoms with E-state index in [2.05, 4.69) is 12.2 Å². The highest BCUT2D eigenvalue weighted by Crippen LogP contribution is 2.40. The Labute approximate surface area is 188 Å². The summed E-state index contributed by atoms with van der Waals surface area (Å²) >= 11 is 0. The summed E-state index contributed by atoms with van der Waals surface area (Å²) in [7, 11) is -3.55. The third-order valence-electron chi connectivity index (χ3n) is 5.77. The lowest BCUT2D eigenvalue weighted by Gasteiger charge is -2.17. The van der Waals surface area contributed by atoms with Crippen LogP contribution >= 0.6 is 0 Å². The van der Waals surface area contributed by atoms with Crippen molar-refractivity contribution < 1.29 is 18.0 Å². The molecule has 0 aliphatic carbocycles. The van der Waals surface area contributed by atoms with Crippen molar-refractivity contribution in [1.29, 1.82) is 0 Å². The maximum atomic E-state index is 12.9. The molecule has 0 radical (unpaired) electrons. The highest BCUT2D eigenvalue weighted by molar-refractivity contribution is 7.91. The van der Waals surface area contributed by atoms with E-state index in [4.69, 9.17) is 0 Å². The summed E-state index contributed by atoms with van der Waals surface area (Å²) in [5.41, 5.74) is 3.04. The van der Waals surface area contributed by atoms with Crippen LogP contribution in [0, 0.1) is 6.92 Å². The number of rotatable bonds is 8. The molecule has 3 aromatic carbocycles. The zero-order chi connectivity index (χ0) is 22.9. The van der Waals surface area contributed by atoms with Crippen LogP contribution in [0.15, 0.2) is 59.5 Å². The number of anilines is 2. The molecular formula is C25H26N2O4S. The zero-order valence-corrected chi connectivity index (χ0v) is 19.0. The van der Waals surface area contributed by atoms with Gasteiger partial charge in [-0.05, 0) is 43.7 Å². The number of hydrogen-bond donors (Lipinski definition) is 1. The Morgan fingerprint density at radius 3 is 2.50 bits per heavy atom. The predicted octanol–water partition coefficient (Wildman–Crippen LogP) is 4.71. The van der Waals surface area contributed by atoms with Crippen LogP contribution in [0.2, 0.25) is 0 Å². The molecule has 166 valence electrons. The highest BCUT2D eigenvalue weighted by atomic mass is 32.2. The van der Waals surface area contributed by atoms with E-state index in [1.807, 2.05) is 19.1 Å². The Balaban J connectivity index is 1.53. The van der Waals surface area contributed by atoms with E-state index in [1.165, 1.54) is 0 Å². The second-order valence-electron chi connectivity index (χ2n) is 8.10. The van der Waals surface area contributed by atoms with E-state index in [9.17, 15) is 18.0 Å². The Morgan fingerprint density at radius 1 is 1.03 bits per heavy atom. The van der Waals surface area contributed by atoms with Gasteiger partial charge in [0.1, 0.15) is 0 Å². The van der Waals surface area contributed by atoms with Crippen LogP contribution < -0.4 is 10.2 Å². The number of nitrogens with zero attached hydrogens (tertiary/aromatic N) is 1. The third-order valence-corrected chi connectivity index (χ3v) is 7.50. The molecule has 0 spiro atoms. The van der Waals surface area contributed by atoms with Gasteiger partial charge in [-0.2, -0.15) is 0 Å². The molecule has 0 aromatic heterocycles. The largest absolute Gasteiger partial charge is 0.325 e. The lowest BCUT2D eigenvalue weighted by Crippen LogP contribution is -2.27. The summed E-state index contributed by atoms with van der Waals surface area (Å²) in [4.78, 5) is 27.5. The van der Waals surface area contributed by atoms with Gasteiger partial charge in [0, 0.05) is 35.0 Å². The summed E-state index contributed by atoms with van der Waals surface area (Å²) in [6, 6.07) is 15.7. The number of nitrogens with one attached hydrogen (secondary N) is 1. The summed E-state index contributed by atoms with van der Waals surface area (Å²) < 4.78 is 25.1. The minimum absolute atomic E-state index is 0.0216. The molecule has 32 heavy (non-hydrogen) atoms. The molecule has 0 bridgehead atoms. The van der Waals surface area contributed by atoms with Gasteiger partial charge in [-0.3, -0.25) is 9.59 Å². The first-order chi connectivity index (χ1) is 15.3. The SMILES string of the molecule is CCCCN1C(=O)c2cccc3c(NC(=O)CCS(=O)(=O)c4ccc(C)cc4)ccc1c23. The lowest BCUT2D eigenvalue weighted by atomic mass is 10.0. The van der Waals surface area contributed by atoms with E-state index in [0.29, 0.717) is 17.8 Å². The van der Waals surface area contributed by atoms with Gasteiger partial charge in [-0.15, -0.1) is 0 Å². The average molecular weight is 451 g/mol. The monoisotopic (exact) mass is 450 g/mol. The first-order valence-corrected chi connectivity index (χ1v) is 12.4. The van der Waals surface area contributed by atoms with E-state index in [0.717, 1.165) is 34.9 Å². The van der Waals surface area contributed by atoms with Crippen molar-refractivity contribution in [3.63, 3.8) is 0 Å². The normalized spacial score (nSPS) is 13.1. The van der Waals surface area contributed by atoms with E-state index < -0.39 is 9.84 Å². The standard InChI is InChI=1S/C25H26N2O4S/c1-3-4-15-27-22-13-12-21(19-6-5-7-20(24(19)22)25(27)29)26-23(28)14-16-32(30,31)18-10-8-17(2)9-11-18/h5-13H,3-4,14-16H2,1-2H3,(H,26,28). The molecule has 0 unspecified atom stereocenters. The Bertz CT molecular complexity index is 1300. The van der Waals surface area contributed by atoms with Crippen LogP contribution in [-0.2, 0) is 14.6 Å². The molecule has 3 aromatic rings. The molecule has 1 aliphatic heterocycles. The second kappa shape index (κ2) is 8.74. The first-order valence-electron chi connectivity index (χ1n) is 10.8. The number of unbranched alkanes of at least 4 members (excludes halogenated alkanes) is 1. The van der Waals surface area contributed by atoms with Gasteiger partial charge < -0.3 is 10.2 Å². The molecule has 2 amide bonds. The van der Waals surface area contributed by atoms with Gasteiger partial charge >= 0.3 is 0 Å². The van der Waals surface area contributed by atoms with Gasteiger partial charge in [0.25, 0.3) is 5.91 Å². The minimum Gasteiger partial charge on any atom is -0.325 e. The molecule has 0 saturated carbocycles. The Hall–Kier alpha value is -3.19. The molecule has 1 N–H and O–H groups in total. The third kappa shape index (κ3) is 4.12.